The second-order valence-corrected chi connectivity index (χ2v) is 4.77. The number of rotatable bonds is 1. The predicted octanol–water partition coefficient (Wildman–Crippen LogP) is 3.81. The lowest BCUT2D eigenvalue weighted by atomic mass is 10.3. The molecule has 0 spiro atoms. The molecule has 78 valence electrons. The fourth-order valence-corrected chi connectivity index (χ4v) is 2.61. The first-order valence-electron chi connectivity index (χ1n) is 4.14. The molecule has 0 aliphatic heterocycles. The molecule has 1 heterocycles. The summed E-state index contributed by atoms with van der Waals surface area (Å²) < 4.78 is 11.4. The number of hydrogen-bond acceptors (Lipinski definition) is 4. The topological polar surface area (TPSA) is 35.5 Å². The molecule has 1 aromatic heterocycles. The van der Waals surface area contributed by atoms with E-state index in [-0.39, 0.29) is 0 Å². The highest BCUT2D eigenvalue weighted by Crippen LogP contribution is 2.33. The molecule has 1 aromatic carbocycles. The summed E-state index contributed by atoms with van der Waals surface area (Å²) in [4.78, 5) is 10.9. The molecule has 0 amide bonds. The lowest BCUT2D eigenvalue weighted by Crippen LogP contribution is -2.05. The zero-order valence-electron chi connectivity index (χ0n) is 7.82. The van der Waals surface area contributed by atoms with Gasteiger partial charge in [0, 0.05) is 15.2 Å². The number of carbonyl (C=O) groups excluding carboxylic acids is 1. The third kappa shape index (κ3) is 2.30. The molecule has 0 unspecified atom stereocenters. The molecule has 0 radical (unpaired) electrons. The summed E-state index contributed by atoms with van der Waals surface area (Å²) in [7, 11) is 1.28. The average molecular weight is 287 g/mol. The number of thiophene rings is 1. The van der Waals surface area contributed by atoms with Gasteiger partial charge in [-0.3, -0.25) is 0 Å². The summed E-state index contributed by atoms with van der Waals surface area (Å²) in [6, 6.07) is 7.69. The van der Waals surface area contributed by atoms with Crippen molar-refractivity contribution in [3.05, 3.63) is 28.7 Å². The van der Waals surface area contributed by atoms with E-state index in [1.165, 1.54) is 18.4 Å². The van der Waals surface area contributed by atoms with E-state index in [0.29, 0.717) is 5.06 Å². The highest BCUT2D eigenvalue weighted by molar-refractivity contribution is 9.10. The van der Waals surface area contributed by atoms with Crippen LogP contribution in [0.2, 0.25) is 0 Å². The molecule has 2 rings (SSSR count). The highest BCUT2D eigenvalue weighted by Gasteiger charge is 2.07. The number of methoxy groups -OCH3 is 1. The number of ether oxygens (including phenoxy) is 2. The van der Waals surface area contributed by atoms with Crippen molar-refractivity contribution in [2.45, 2.75) is 0 Å². The van der Waals surface area contributed by atoms with Crippen molar-refractivity contribution in [3.63, 3.8) is 0 Å². The van der Waals surface area contributed by atoms with Crippen molar-refractivity contribution < 1.29 is 14.3 Å². The largest absolute Gasteiger partial charge is 0.514 e. The van der Waals surface area contributed by atoms with Crippen LogP contribution in [0.3, 0.4) is 0 Å². The van der Waals surface area contributed by atoms with Gasteiger partial charge in [-0.15, -0.1) is 0 Å². The maximum atomic E-state index is 10.9. The van der Waals surface area contributed by atoms with Crippen molar-refractivity contribution in [3.8, 4) is 5.06 Å². The zero-order chi connectivity index (χ0) is 10.8. The van der Waals surface area contributed by atoms with Gasteiger partial charge in [-0.25, -0.2) is 4.79 Å². The van der Waals surface area contributed by atoms with Gasteiger partial charge in [-0.05, 0) is 17.5 Å². The molecule has 0 fully saturated rings. The van der Waals surface area contributed by atoms with E-state index >= 15 is 0 Å². The molecule has 15 heavy (non-hydrogen) atoms. The minimum Gasteiger partial charge on any atom is -0.437 e. The summed E-state index contributed by atoms with van der Waals surface area (Å²) in [5.41, 5.74) is 0. The summed E-state index contributed by atoms with van der Waals surface area (Å²) in [5, 5.41) is 1.58. The number of carbonyl (C=O) groups is 1. The Morgan fingerprint density at radius 3 is 2.93 bits per heavy atom. The Hall–Kier alpha value is -1.07. The van der Waals surface area contributed by atoms with Gasteiger partial charge in [0.1, 0.15) is 0 Å². The zero-order valence-corrected chi connectivity index (χ0v) is 10.2. The number of halogens is 1. The van der Waals surface area contributed by atoms with E-state index in [1.807, 2.05) is 24.3 Å². The van der Waals surface area contributed by atoms with Gasteiger partial charge >= 0.3 is 6.16 Å². The van der Waals surface area contributed by atoms with Crippen molar-refractivity contribution in [1.82, 2.24) is 0 Å². The number of benzene rings is 1. The van der Waals surface area contributed by atoms with Crippen LogP contribution in [0, 0.1) is 0 Å². The minimum absolute atomic E-state index is 0.537. The van der Waals surface area contributed by atoms with Crippen LogP contribution in [0.1, 0.15) is 0 Å². The third-order valence-corrected chi connectivity index (χ3v) is 3.28. The molecule has 0 N–H and O–H groups in total. The average Bonchev–Trinajstić information content (AvgIpc) is 2.59. The lowest BCUT2D eigenvalue weighted by Gasteiger charge is -1.96. The van der Waals surface area contributed by atoms with E-state index < -0.39 is 6.16 Å². The quantitative estimate of drug-likeness (QED) is 0.748. The van der Waals surface area contributed by atoms with E-state index in [0.717, 1.165) is 14.6 Å². The van der Waals surface area contributed by atoms with Crippen molar-refractivity contribution in [2.24, 2.45) is 0 Å². The molecule has 0 saturated heterocycles. The molecule has 0 saturated carbocycles. The van der Waals surface area contributed by atoms with Gasteiger partial charge in [0.2, 0.25) is 0 Å². The van der Waals surface area contributed by atoms with Crippen LogP contribution < -0.4 is 4.74 Å². The highest BCUT2D eigenvalue weighted by atomic mass is 79.9. The second-order valence-electron chi connectivity index (χ2n) is 2.80. The van der Waals surface area contributed by atoms with Crippen molar-refractivity contribution in [1.29, 1.82) is 0 Å². The molecule has 0 aliphatic carbocycles. The summed E-state index contributed by atoms with van der Waals surface area (Å²) in [6.45, 7) is 0. The van der Waals surface area contributed by atoms with Crippen LogP contribution >= 0.6 is 27.3 Å². The normalized spacial score (nSPS) is 10.3. The Labute approximate surface area is 98.7 Å². The smallest absolute Gasteiger partial charge is 0.437 e. The van der Waals surface area contributed by atoms with E-state index in [4.69, 9.17) is 4.74 Å². The molecule has 3 nitrogen and oxygen atoms in total. The summed E-state index contributed by atoms with van der Waals surface area (Å²) in [5.74, 6) is 0. The first-order chi connectivity index (χ1) is 7.19. The predicted molar refractivity (Wildman–Crippen MR) is 62.6 cm³/mol. The first kappa shape index (κ1) is 10.4. The van der Waals surface area contributed by atoms with Crippen LogP contribution in [0.5, 0.6) is 5.06 Å². The lowest BCUT2D eigenvalue weighted by molar-refractivity contribution is 0.123. The maximum Gasteiger partial charge on any atom is 0.514 e. The molecule has 0 atom stereocenters. The molecule has 5 heteroatoms. The van der Waals surface area contributed by atoms with Gasteiger partial charge in [0.05, 0.1) is 7.11 Å². The Morgan fingerprint density at radius 2 is 2.20 bits per heavy atom. The van der Waals surface area contributed by atoms with Gasteiger partial charge in [0.25, 0.3) is 0 Å². The van der Waals surface area contributed by atoms with Gasteiger partial charge < -0.3 is 9.47 Å². The maximum absolute atomic E-state index is 10.9. The number of fused-ring (bicyclic) bond motifs is 1. The minimum atomic E-state index is -0.694. The Morgan fingerprint density at radius 1 is 1.40 bits per heavy atom. The van der Waals surface area contributed by atoms with Gasteiger partial charge in [0.15, 0.2) is 5.06 Å². The van der Waals surface area contributed by atoms with Crippen LogP contribution in [0.15, 0.2) is 28.7 Å². The van der Waals surface area contributed by atoms with Crippen molar-refractivity contribution in [2.75, 3.05) is 7.11 Å². The fourth-order valence-electron chi connectivity index (χ4n) is 1.15. The van der Waals surface area contributed by atoms with Crippen LogP contribution in [0.25, 0.3) is 10.1 Å². The number of hydrogen-bond donors (Lipinski definition) is 0. The van der Waals surface area contributed by atoms with Crippen LogP contribution in [0.4, 0.5) is 4.79 Å². The molecule has 0 bridgehead atoms. The van der Waals surface area contributed by atoms with Gasteiger partial charge in [-0.2, -0.15) is 0 Å². The Kier molecular flexibility index (Phi) is 2.93. The molecule has 0 aliphatic rings. The van der Waals surface area contributed by atoms with Crippen LogP contribution in [-0.2, 0) is 4.74 Å². The Balaban J connectivity index is 2.34. The standard InChI is InChI=1S/C10H7BrO3S/c1-13-10(12)14-9-4-6-2-3-7(11)5-8(6)15-9/h2-5H,1H3. The summed E-state index contributed by atoms with van der Waals surface area (Å²) in [6.07, 6.45) is -0.694. The molecular weight excluding hydrogens is 280 g/mol. The van der Waals surface area contributed by atoms with E-state index in [2.05, 4.69) is 20.7 Å². The second kappa shape index (κ2) is 4.20. The fraction of sp³-hybridized carbons (Fsp3) is 0.100. The third-order valence-electron chi connectivity index (χ3n) is 1.81. The van der Waals surface area contributed by atoms with Crippen molar-refractivity contribution >= 4 is 43.5 Å². The van der Waals surface area contributed by atoms with Crippen LogP contribution in [-0.4, -0.2) is 13.3 Å². The monoisotopic (exact) mass is 286 g/mol. The first-order valence-corrected chi connectivity index (χ1v) is 5.75. The molecular formula is C10H7BrO3S. The Bertz CT molecular complexity index is 506. The van der Waals surface area contributed by atoms with Gasteiger partial charge in [-0.1, -0.05) is 33.3 Å². The molecule has 2 aromatic rings. The summed E-state index contributed by atoms with van der Waals surface area (Å²) >= 11 is 4.78. The van der Waals surface area contributed by atoms with E-state index in [9.17, 15) is 4.79 Å². The SMILES string of the molecule is COC(=O)Oc1cc2ccc(Br)cc2s1. The van der Waals surface area contributed by atoms with E-state index in [1.54, 1.807) is 0 Å².